The zero-order chi connectivity index (χ0) is 18.0. The van der Waals surface area contributed by atoms with Gasteiger partial charge in [-0.1, -0.05) is 36.1 Å². The lowest BCUT2D eigenvalue weighted by Crippen LogP contribution is -2.47. The third-order valence-electron chi connectivity index (χ3n) is 2.25. The predicted octanol–water partition coefficient (Wildman–Crippen LogP) is 2.64. The molecule has 0 aromatic heterocycles. The van der Waals surface area contributed by atoms with E-state index in [2.05, 4.69) is 0 Å². The van der Waals surface area contributed by atoms with Gasteiger partial charge in [-0.3, -0.25) is 4.79 Å². The Kier molecular flexibility index (Phi) is 1.20. The lowest BCUT2D eigenvalue weighted by molar-refractivity contribution is -0.126. The van der Waals surface area contributed by atoms with Crippen molar-refractivity contribution < 1.29 is 15.8 Å². The van der Waals surface area contributed by atoms with E-state index in [1.807, 2.05) is 0 Å². The summed E-state index contributed by atoms with van der Waals surface area (Å²) in [6.07, 6.45) is -6.03. The first-order chi connectivity index (χ1) is 10.3. The molecular formula is C12H14ClNO. The van der Waals surface area contributed by atoms with Gasteiger partial charge in [0.1, 0.15) is 5.54 Å². The van der Waals surface area contributed by atoms with E-state index in [-0.39, 0.29) is 0 Å². The zero-order valence-electron chi connectivity index (χ0n) is 15.8. The Balaban J connectivity index is 2.82. The van der Waals surface area contributed by atoms with Crippen LogP contribution < -0.4 is 5.73 Å². The molecule has 0 saturated heterocycles. The molecule has 1 aliphatic carbocycles. The van der Waals surface area contributed by atoms with Gasteiger partial charge in [0.05, 0.1) is 5.48 Å². The number of carbonyl (C=O) groups is 1. The highest BCUT2D eigenvalue weighted by atomic mass is 35.5. The summed E-state index contributed by atoms with van der Waals surface area (Å²) in [6.45, 7) is 0. The fourth-order valence-electron chi connectivity index (χ4n) is 1.41. The first kappa shape index (κ1) is 4.56. The molecule has 2 rings (SSSR count). The monoisotopic (exact) mass is 231 g/mol. The minimum absolute atomic E-state index is 0.529. The number of rotatable bonds is 1. The van der Waals surface area contributed by atoms with Crippen molar-refractivity contribution in [2.24, 2.45) is 5.73 Å². The number of nitrogens with two attached hydrogens (primary N) is 1. The SMILES string of the molecule is [2H]c1c([2H])c([2H])c(C2(N)C(=O)CC([2H])([2H])CC2([2H])[2H])c(Cl)c1[2H]. The van der Waals surface area contributed by atoms with Crippen LogP contribution in [0.15, 0.2) is 24.2 Å². The predicted molar refractivity (Wildman–Crippen MR) is 60.8 cm³/mol. The number of Topliss-reactive ketones (excluding diaryl/α,β-unsaturated/α-hetero) is 1. The van der Waals surface area contributed by atoms with Crippen LogP contribution in [0.2, 0.25) is 5.02 Å². The van der Waals surface area contributed by atoms with E-state index in [0.29, 0.717) is 0 Å². The standard InChI is InChI=1S/C12H14ClNO/c13-10-6-2-1-5-9(10)12(14)8-4-3-7-11(12)15/h1-2,5-6H,3-4,7-8,14H2/i1D,2D,3D2,5D,6D,8D2. The second-order valence-corrected chi connectivity index (χ2v) is 3.58. The molecule has 0 bridgehead atoms. The number of benzene rings is 1. The Labute approximate surface area is 106 Å². The minimum atomic E-state index is -2.58. The van der Waals surface area contributed by atoms with E-state index in [4.69, 9.17) is 28.3 Å². The molecule has 1 fully saturated rings. The van der Waals surface area contributed by atoms with E-state index < -0.39 is 71.7 Å². The lowest BCUT2D eigenvalue weighted by Gasteiger charge is -2.32. The molecular weight excluding hydrogens is 210 g/mol. The largest absolute Gasteiger partial charge is 0.315 e. The Morgan fingerprint density at radius 2 is 2.27 bits per heavy atom. The summed E-state index contributed by atoms with van der Waals surface area (Å²) in [6, 6.07) is -2.62. The molecule has 1 saturated carbocycles. The molecule has 1 aromatic carbocycles. The average Bonchev–Trinajstić information content (AvgIpc) is 2.39. The third kappa shape index (κ3) is 1.80. The van der Waals surface area contributed by atoms with Gasteiger partial charge < -0.3 is 5.73 Å². The van der Waals surface area contributed by atoms with E-state index in [1.54, 1.807) is 0 Å². The smallest absolute Gasteiger partial charge is 0.157 e. The zero-order valence-corrected chi connectivity index (χ0v) is 8.53. The van der Waals surface area contributed by atoms with E-state index in [0.717, 1.165) is 0 Å². The molecule has 3 heteroatoms. The Hall–Kier alpha value is -0.860. The van der Waals surface area contributed by atoms with Gasteiger partial charge in [-0.05, 0) is 24.4 Å². The first-order valence-electron chi connectivity index (χ1n) is 8.35. The van der Waals surface area contributed by atoms with Crippen molar-refractivity contribution in [2.75, 3.05) is 0 Å². The van der Waals surface area contributed by atoms with Gasteiger partial charge in [0.25, 0.3) is 0 Å². The molecule has 1 aliphatic rings. The first-order valence-corrected chi connectivity index (χ1v) is 4.72. The van der Waals surface area contributed by atoms with Crippen LogP contribution in [0.3, 0.4) is 0 Å². The maximum atomic E-state index is 12.4. The van der Waals surface area contributed by atoms with E-state index in [9.17, 15) is 4.79 Å². The Bertz CT molecular complexity index is 678. The molecule has 2 nitrogen and oxygen atoms in total. The molecule has 0 spiro atoms. The van der Waals surface area contributed by atoms with Gasteiger partial charge in [-0.25, -0.2) is 0 Å². The van der Waals surface area contributed by atoms with Crippen molar-refractivity contribution in [1.29, 1.82) is 0 Å². The van der Waals surface area contributed by atoms with Crippen LogP contribution in [0, 0.1) is 0 Å². The van der Waals surface area contributed by atoms with Crippen molar-refractivity contribution >= 4 is 17.4 Å². The van der Waals surface area contributed by atoms with Crippen molar-refractivity contribution in [3.05, 3.63) is 34.8 Å². The number of carbonyl (C=O) groups excluding carboxylic acids is 1. The number of hydrogen-bond acceptors (Lipinski definition) is 2. The summed E-state index contributed by atoms with van der Waals surface area (Å²) in [7, 11) is 0. The molecule has 80 valence electrons. The number of halogens is 1. The lowest BCUT2D eigenvalue weighted by atomic mass is 9.76. The van der Waals surface area contributed by atoms with Gasteiger partial charge >= 0.3 is 0 Å². The van der Waals surface area contributed by atoms with Gasteiger partial charge in [0.15, 0.2) is 5.78 Å². The molecule has 15 heavy (non-hydrogen) atoms. The van der Waals surface area contributed by atoms with Gasteiger partial charge in [0, 0.05) is 16.9 Å². The second kappa shape index (κ2) is 3.95. The summed E-state index contributed by atoms with van der Waals surface area (Å²) in [4.78, 5) is 12.4. The molecule has 1 unspecified atom stereocenters. The second-order valence-electron chi connectivity index (χ2n) is 3.20. The Morgan fingerprint density at radius 1 is 1.53 bits per heavy atom. The van der Waals surface area contributed by atoms with Crippen LogP contribution in [0.1, 0.15) is 42.1 Å². The highest BCUT2D eigenvalue weighted by molar-refractivity contribution is 6.31. The van der Waals surface area contributed by atoms with Crippen molar-refractivity contribution in [3.8, 4) is 0 Å². The normalized spacial score (nSPS) is 41.1. The van der Waals surface area contributed by atoms with Gasteiger partial charge in [0.2, 0.25) is 0 Å². The minimum Gasteiger partial charge on any atom is -0.315 e. The van der Waals surface area contributed by atoms with Crippen molar-refractivity contribution in [2.45, 2.75) is 31.1 Å². The maximum absolute atomic E-state index is 12.4. The van der Waals surface area contributed by atoms with Crippen molar-refractivity contribution in [1.82, 2.24) is 0 Å². The average molecular weight is 232 g/mol. The highest BCUT2D eigenvalue weighted by Crippen LogP contribution is 2.35. The van der Waals surface area contributed by atoms with Crippen molar-refractivity contribution in [3.63, 3.8) is 0 Å². The highest BCUT2D eigenvalue weighted by Gasteiger charge is 2.38. The van der Waals surface area contributed by atoms with E-state index >= 15 is 0 Å². The summed E-state index contributed by atoms with van der Waals surface area (Å²) in [5.74, 6) is -0.995. The molecule has 0 aliphatic heterocycles. The quantitative estimate of drug-likeness (QED) is 0.808. The fourth-order valence-corrected chi connectivity index (χ4v) is 1.66. The van der Waals surface area contributed by atoms with Crippen LogP contribution in [0.5, 0.6) is 0 Å². The maximum Gasteiger partial charge on any atom is 0.157 e. The van der Waals surface area contributed by atoms with Gasteiger partial charge in [-0.15, -0.1) is 0 Å². The van der Waals surface area contributed by atoms with Crippen LogP contribution in [0.4, 0.5) is 0 Å². The molecule has 0 amide bonds. The Morgan fingerprint density at radius 3 is 3.00 bits per heavy atom. The molecule has 0 radical (unpaired) electrons. The van der Waals surface area contributed by atoms with E-state index in [1.165, 1.54) is 0 Å². The summed E-state index contributed by atoms with van der Waals surface area (Å²) in [5, 5.41) is -0.529. The molecule has 2 N–H and O–H groups in total. The van der Waals surface area contributed by atoms with Crippen LogP contribution in [-0.2, 0) is 10.3 Å². The number of hydrogen-bond donors (Lipinski definition) is 1. The number of ketones is 1. The molecule has 0 heterocycles. The molecule has 1 aromatic rings. The fraction of sp³-hybridized carbons (Fsp3) is 0.417. The summed E-state index contributed by atoms with van der Waals surface area (Å²) < 4.78 is 62.3. The topological polar surface area (TPSA) is 43.1 Å². The van der Waals surface area contributed by atoms with Crippen LogP contribution >= 0.6 is 11.6 Å². The van der Waals surface area contributed by atoms with Crippen LogP contribution in [-0.4, -0.2) is 5.78 Å². The van der Waals surface area contributed by atoms with Gasteiger partial charge in [-0.2, -0.15) is 0 Å². The van der Waals surface area contributed by atoms with Crippen LogP contribution in [0.25, 0.3) is 0 Å². The third-order valence-corrected chi connectivity index (χ3v) is 2.54. The summed E-state index contributed by atoms with van der Waals surface area (Å²) >= 11 is 5.96. The summed E-state index contributed by atoms with van der Waals surface area (Å²) in [5.41, 5.74) is 3.00. The molecule has 1 atom stereocenters.